The number of carbonyl (C=O) groups is 3. The Morgan fingerprint density at radius 2 is 1.35 bits per heavy atom. The van der Waals surface area contributed by atoms with E-state index in [1.165, 1.54) is 30.3 Å². The van der Waals surface area contributed by atoms with Gasteiger partial charge in [-0.05, 0) is 29.8 Å². The molecular weight excluding hydrogens is 470 g/mol. The molecule has 8 heteroatoms. The van der Waals surface area contributed by atoms with Gasteiger partial charge >= 0.3 is 0 Å². The molecule has 1 fully saturated rings. The average Bonchev–Trinajstić information content (AvgIpc) is 3.69. The van der Waals surface area contributed by atoms with Crippen LogP contribution in [0.2, 0.25) is 0 Å². The first-order chi connectivity index (χ1) is 17.9. The molecule has 1 heterocycles. The number of hydrogen-bond acceptors (Lipinski definition) is 5. The minimum absolute atomic E-state index is 0.120. The largest absolute Gasteiger partial charge is 0.322 e. The molecule has 4 aromatic rings. The van der Waals surface area contributed by atoms with E-state index in [1.54, 1.807) is 47.4 Å². The van der Waals surface area contributed by atoms with E-state index < -0.39 is 22.9 Å². The number of amides is 2. The van der Waals surface area contributed by atoms with E-state index in [4.69, 9.17) is 0 Å². The SMILES string of the molecule is O=C(Nc1cccc(C(=O)N2[C@H](C(=O)c3ccccc3)[C@@H]2c2ccccc2)c1)c1cccc([N+](=O)[O-])c1. The molecule has 2 amide bonds. The fourth-order valence-corrected chi connectivity index (χ4v) is 4.36. The van der Waals surface area contributed by atoms with Crippen LogP contribution >= 0.6 is 0 Å². The zero-order valence-corrected chi connectivity index (χ0v) is 19.5. The number of nitrogens with one attached hydrogen (secondary N) is 1. The van der Waals surface area contributed by atoms with E-state index in [1.807, 2.05) is 36.4 Å². The van der Waals surface area contributed by atoms with Crippen molar-refractivity contribution < 1.29 is 19.3 Å². The van der Waals surface area contributed by atoms with Crippen molar-refractivity contribution in [2.75, 3.05) is 5.32 Å². The molecule has 8 nitrogen and oxygen atoms in total. The summed E-state index contributed by atoms with van der Waals surface area (Å²) in [7, 11) is 0. The Morgan fingerprint density at radius 1 is 0.730 bits per heavy atom. The van der Waals surface area contributed by atoms with Crippen LogP contribution in [-0.4, -0.2) is 33.5 Å². The van der Waals surface area contributed by atoms with Gasteiger partial charge in [0.05, 0.1) is 11.0 Å². The molecule has 0 radical (unpaired) electrons. The minimum Gasteiger partial charge on any atom is -0.322 e. The molecule has 1 aliphatic heterocycles. The van der Waals surface area contributed by atoms with Crippen LogP contribution < -0.4 is 5.32 Å². The Kier molecular flexibility index (Phi) is 6.30. The van der Waals surface area contributed by atoms with Crippen LogP contribution in [0.4, 0.5) is 11.4 Å². The number of non-ortho nitro benzene ring substituents is 1. The third-order valence-electron chi connectivity index (χ3n) is 6.20. The van der Waals surface area contributed by atoms with E-state index >= 15 is 0 Å². The first-order valence-electron chi connectivity index (χ1n) is 11.6. The van der Waals surface area contributed by atoms with Gasteiger partial charge in [-0.15, -0.1) is 0 Å². The van der Waals surface area contributed by atoms with Crippen LogP contribution in [0, 0.1) is 10.1 Å². The van der Waals surface area contributed by atoms with Crippen molar-refractivity contribution in [2.45, 2.75) is 12.1 Å². The van der Waals surface area contributed by atoms with E-state index in [-0.39, 0.29) is 22.9 Å². The van der Waals surface area contributed by atoms with Crippen LogP contribution in [0.25, 0.3) is 0 Å². The fraction of sp³-hybridized carbons (Fsp3) is 0.0690. The number of nitrogens with zero attached hydrogens (tertiary/aromatic N) is 2. The predicted molar refractivity (Wildman–Crippen MR) is 137 cm³/mol. The lowest BCUT2D eigenvalue weighted by molar-refractivity contribution is -0.384. The van der Waals surface area contributed by atoms with Gasteiger partial charge in [0.25, 0.3) is 17.5 Å². The van der Waals surface area contributed by atoms with Gasteiger partial charge in [-0.2, -0.15) is 0 Å². The van der Waals surface area contributed by atoms with Gasteiger partial charge in [0.15, 0.2) is 5.78 Å². The lowest BCUT2D eigenvalue weighted by Crippen LogP contribution is -2.19. The molecule has 0 bridgehead atoms. The highest BCUT2D eigenvalue weighted by Gasteiger charge is 2.56. The molecule has 4 aromatic carbocycles. The average molecular weight is 492 g/mol. The molecule has 5 rings (SSSR count). The second-order valence-electron chi connectivity index (χ2n) is 8.59. The normalized spacial score (nSPS) is 16.1. The summed E-state index contributed by atoms with van der Waals surface area (Å²) in [6, 6.07) is 29.0. The number of Topliss-reactive ketones (excluding diaryl/α,β-unsaturated/α-hetero) is 1. The van der Waals surface area contributed by atoms with Gasteiger partial charge in [0, 0.05) is 34.5 Å². The molecule has 0 unspecified atom stereocenters. The Morgan fingerprint density at radius 3 is 2.05 bits per heavy atom. The summed E-state index contributed by atoms with van der Waals surface area (Å²) in [5.41, 5.74) is 1.98. The van der Waals surface area contributed by atoms with E-state index in [2.05, 4.69) is 5.32 Å². The number of rotatable bonds is 7. The second kappa shape index (κ2) is 9.87. The minimum atomic E-state index is -0.639. The fourth-order valence-electron chi connectivity index (χ4n) is 4.36. The molecule has 0 aromatic heterocycles. The highest BCUT2D eigenvalue weighted by Crippen LogP contribution is 2.46. The molecule has 0 saturated carbocycles. The van der Waals surface area contributed by atoms with Crippen molar-refractivity contribution >= 4 is 29.0 Å². The Labute approximate surface area is 212 Å². The summed E-state index contributed by atoms with van der Waals surface area (Å²) >= 11 is 0. The van der Waals surface area contributed by atoms with Crippen molar-refractivity contribution in [1.82, 2.24) is 4.90 Å². The molecule has 1 N–H and O–H groups in total. The highest BCUT2D eigenvalue weighted by molar-refractivity contribution is 6.09. The summed E-state index contributed by atoms with van der Waals surface area (Å²) in [6.45, 7) is 0. The lowest BCUT2D eigenvalue weighted by atomic mass is 10.0. The number of nitro groups is 1. The van der Waals surface area contributed by atoms with Crippen molar-refractivity contribution in [3.63, 3.8) is 0 Å². The molecule has 37 heavy (non-hydrogen) atoms. The summed E-state index contributed by atoms with van der Waals surface area (Å²) in [6.07, 6.45) is 0. The van der Waals surface area contributed by atoms with Crippen molar-refractivity contribution in [3.05, 3.63) is 142 Å². The quantitative estimate of drug-likeness (QED) is 0.163. The summed E-state index contributed by atoms with van der Waals surface area (Å²) in [4.78, 5) is 51.5. The molecule has 0 aliphatic carbocycles. The first-order valence-corrected chi connectivity index (χ1v) is 11.6. The third kappa shape index (κ3) is 4.85. The van der Waals surface area contributed by atoms with Crippen LogP contribution in [-0.2, 0) is 0 Å². The smallest absolute Gasteiger partial charge is 0.270 e. The summed E-state index contributed by atoms with van der Waals surface area (Å²) < 4.78 is 0. The molecule has 1 saturated heterocycles. The maximum absolute atomic E-state index is 13.6. The highest BCUT2D eigenvalue weighted by atomic mass is 16.6. The van der Waals surface area contributed by atoms with Gasteiger partial charge < -0.3 is 10.2 Å². The monoisotopic (exact) mass is 491 g/mol. The number of hydrogen-bond donors (Lipinski definition) is 1. The van der Waals surface area contributed by atoms with Crippen molar-refractivity contribution in [1.29, 1.82) is 0 Å². The topological polar surface area (TPSA) is 109 Å². The Hall–Kier alpha value is -5.11. The maximum atomic E-state index is 13.6. The van der Waals surface area contributed by atoms with Gasteiger partial charge in [0.2, 0.25) is 0 Å². The molecule has 1 aliphatic rings. The molecule has 182 valence electrons. The van der Waals surface area contributed by atoms with E-state index in [0.717, 1.165) is 5.56 Å². The zero-order valence-electron chi connectivity index (χ0n) is 19.5. The second-order valence-corrected chi connectivity index (χ2v) is 8.59. The predicted octanol–water partition coefficient (Wildman–Crippen LogP) is 5.30. The Bertz CT molecular complexity index is 1500. The van der Waals surface area contributed by atoms with Gasteiger partial charge in [-0.25, -0.2) is 0 Å². The van der Waals surface area contributed by atoms with E-state index in [9.17, 15) is 24.5 Å². The molecular formula is C29H21N3O5. The first kappa shape index (κ1) is 23.6. The molecule has 2 atom stereocenters. The van der Waals surface area contributed by atoms with E-state index in [0.29, 0.717) is 16.8 Å². The van der Waals surface area contributed by atoms with Crippen molar-refractivity contribution in [2.24, 2.45) is 0 Å². The van der Waals surface area contributed by atoms with Gasteiger partial charge in [-0.1, -0.05) is 72.8 Å². The third-order valence-corrected chi connectivity index (χ3v) is 6.20. The van der Waals surface area contributed by atoms with Crippen LogP contribution in [0.1, 0.15) is 42.7 Å². The van der Waals surface area contributed by atoms with Gasteiger partial charge in [-0.3, -0.25) is 24.5 Å². The van der Waals surface area contributed by atoms with Crippen LogP contribution in [0.5, 0.6) is 0 Å². The standard InChI is InChI=1S/C29H21N3O5/c33-27(20-11-5-2-6-12-20)26-25(19-9-3-1-4-10-19)31(26)29(35)22-14-7-15-23(17-22)30-28(34)21-13-8-16-24(18-21)32(36)37/h1-18,25-26H,(H,30,34)/t25-,26-,31?/m0/s1. The maximum Gasteiger partial charge on any atom is 0.270 e. The number of carbonyl (C=O) groups excluding carboxylic acids is 3. The number of nitro benzene ring substituents is 1. The number of anilines is 1. The number of benzene rings is 4. The number of ketones is 1. The summed E-state index contributed by atoms with van der Waals surface area (Å²) in [5, 5.41) is 13.7. The van der Waals surface area contributed by atoms with Crippen molar-refractivity contribution in [3.8, 4) is 0 Å². The van der Waals surface area contributed by atoms with Crippen LogP contribution in [0.15, 0.2) is 109 Å². The zero-order chi connectivity index (χ0) is 25.9. The van der Waals surface area contributed by atoms with Crippen LogP contribution in [0.3, 0.4) is 0 Å². The summed E-state index contributed by atoms with van der Waals surface area (Å²) in [5.74, 6) is -1.02. The Balaban J connectivity index is 1.39. The van der Waals surface area contributed by atoms with Gasteiger partial charge in [0.1, 0.15) is 6.04 Å². The molecule has 0 spiro atoms. The lowest BCUT2D eigenvalue weighted by Gasteiger charge is -2.09.